The molecule has 3 nitrogen and oxygen atoms in total. The van der Waals surface area contributed by atoms with Crippen LogP contribution in [0.1, 0.15) is 16.9 Å². The van der Waals surface area contributed by atoms with Crippen molar-refractivity contribution >= 4 is 11.4 Å². The van der Waals surface area contributed by atoms with Gasteiger partial charge in [0.2, 0.25) is 0 Å². The van der Waals surface area contributed by atoms with Gasteiger partial charge in [-0.25, -0.2) is 0 Å². The molecule has 90 valence electrons. The smallest absolute Gasteiger partial charge is 0.105 e. The van der Waals surface area contributed by atoms with Crippen LogP contribution in [0.3, 0.4) is 0 Å². The molecule has 0 amide bonds. The molecule has 0 aliphatic heterocycles. The minimum Gasteiger partial charge on any atom is -0.469 e. The summed E-state index contributed by atoms with van der Waals surface area (Å²) in [5.74, 6) is 0.976. The highest BCUT2D eigenvalue weighted by molar-refractivity contribution is 5.57. The predicted octanol–water partition coefficient (Wildman–Crippen LogP) is 3.12. The Balaban J connectivity index is 2.17. The summed E-state index contributed by atoms with van der Waals surface area (Å²) in [6.45, 7) is 4.85. The fourth-order valence-corrected chi connectivity index (χ4v) is 1.82. The van der Waals surface area contributed by atoms with Gasteiger partial charge in [-0.3, -0.25) is 0 Å². The maximum Gasteiger partial charge on any atom is 0.105 e. The second-order valence-corrected chi connectivity index (χ2v) is 4.40. The molecule has 0 radical (unpaired) electrons. The zero-order valence-electron chi connectivity index (χ0n) is 10.5. The predicted molar refractivity (Wildman–Crippen MR) is 71.1 cm³/mol. The standard InChI is InChI=1S/C14H18N2O/c1-10-8-13(4-5-14(10)15)16(3)9-12-6-7-17-11(12)2/h4-8H,9,15H2,1-3H3. The molecule has 0 saturated heterocycles. The number of nitrogen functional groups attached to an aromatic ring is 1. The van der Waals surface area contributed by atoms with E-state index < -0.39 is 0 Å². The van der Waals surface area contributed by atoms with Crippen molar-refractivity contribution in [3.8, 4) is 0 Å². The summed E-state index contributed by atoms with van der Waals surface area (Å²) in [6, 6.07) is 8.10. The first-order valence-electron chi connectivity index (χ1n) is 5.68. The average Bonchev–Trinajstić information content (AvgIpc) is 2.68. The molecule has 0 aliphatic rings. The van der Waals surface area contributed by atoms with E-state index in [0.717, 1.165) is 29.2 Å². The van der Waals surface area contributed by atoms with Gasteiger partial charge in [-0.15, -0.1) is 0 Å². The fourth-order valence-electron chi connectivity index (χ4n) is 1.82. The number of anilines is 2. The maximum atomic E-state index is 5.82. The number of hydrogen-bond acceptors (Lipinski definition) is 3. The second-order valence-electron chi connectivity index (χ2n) is 4.40. The first-order chi connectivity index (χ1) is 8.08. The highest BCUT2D eigenvalue weighted by Crippen LogP contribution is 2.22. The third-order valence-electron chi connectivity index (χ3n) is 3.07. The Morgan fingerprint density at radius 3 is 2.59 bits per heavy atom. The highest BCUT2D eigenvalue weighted by Gasteiger charge is 2.07. The van der Waals surface area contributed by atoms with Gasteiger partial charge in [0.1, 0.15) is 5.76 Å². The van der Waals surface area contributed by atoms with Crippen LogP contribution < -0.4 is 10.6 Å². The molecule has 2 aromatic rings. The molecular formula is C14H18N2O. The van der Waals surface area contributed by atoms with E-state index in [4.69, 9.17) is 10.2 Å². The molecule has 0 saturated carbocycles. The van der Waals surface area contributed by atoms with Gasteiger partial charge >= 0.3 is 0 Å². The van der Waals surface area contributed by atoms with Gasteiger partial charge in [0.05, 0.1) is 6.26 Å². The molecule has 2 rings (SSSR count). The molecule has 0 atom stereocenters. The maximum absolute atomic E-state index is 5.82. The molecule has 0 bridgehead atoms. The van der Waals surface area contributed by atoms with Crippen molar-refractivity contribution in [2.24, 2.45) is 0 Å². The Bertz CT molecular complexity index is 517. The van der Waals surface area contributed by atoms with Crippen LogP contribution in [0.5, 0.6) is 0 Å². The minimum absolute atomic E-state index is 0.835. The second kappa shape index (κ2) is 4.53. The molecule has 0 aliphatic carbocycles. The van der Waals surface area contributed by atoms with E-state index >= 15 is 0 Å². The quantitative estimate of drug-likeness (QED) is 0.824. The SMILES string of the molecule is Cc1cc(N(C)Cc2ccoc2C)ccc1N. The molecule has 2 N–H and O–H groups in total. The van der Waals surface area contributed by atoms with Gasteiger partial charge in [-0.2, -0.15) is 0 Å². The lowest BCUT2D eigenvalue weighted by Gasteiger charge is -2.19. The summed E-state index contributed by atoms with van der Waals surface area (Å²) in [7, 11) is 2.07. The zero-order chi connectivity index (χ0) is 12.4. The summed E-state index contributed by atoms with van der Waals surface area (Å²) >= 11 is 0. The highest BCUT2D eigenvalue weighted by atomic mass is 16.3. The topological polar surface area (TPSA) is 42.4 Å². The first-order valence-corrected chi connectivity index (χ1v) is 5.68. The van der Waals surface area contributed by atoms with Gasteiger partial charge in [0, 0.05) is 30.5 Å². The van der Waals surface area contributed by atoms with Crippen molar-refractivity contribution in [2.45, 2.75) is 20.4 Å². The van der Waals surface area contributed by atoms with Crippen LogP contribution in [-0.2, 0) is 6.54 Å². The van der Waals surface area contributed by atoms with Crippen molar-refractivity contribution in [1.82, 2.24) is 0 Å². The van der Waals surface area contributed by atoms with E-state index in [2.05, 4.69) is 18.0 Å². The molecule has 3 heteroatoms. The van der Waals surface area contributed by atoms with E-state index in [0.29, 0.717) is 0 Å². The van der Waals surface area contributed by atoms with Crippen LogP contribution in [0, 0.1) is 13.8 Å². The Morgan fingerprint density at radius 1 is 1.24 bits per heavy atom. The number of furan rings is 1. The third kappa shape index (κ3) is 2.44. The number of benzene rings is 1. The van der Waals surface area contributed by atoms with Gasteiger partial charge < -0.3 is 15.1 Å². The van der Waals surface area contributed by atoms with Crippen LogP contribution in [-0.4, -0.2) is 7.05 Å². The van der Waals surface area contributed by atoms with Crippen LogP contribution in [0.2, 0.25) is 0 Å². The van der Waals surface area contributed by atoms with Crippen LogP contribution in [0.4, 0.5) is 11.4 Å². The van der Waals surface area contributed by atoms with Gasteiger partial charge in [0.25, 0.3) is 0 Å². The Kier molecular flexibility index (Phi) is 3.09. The lowest BCUT2D eigenvalue weighted by molar-refractivity contribution is 0.529. The number of rotatable bonds is 3. The third-order valence-corrected chi connectivity index (χ3v) is 3.07. The molecule has 0 unspecified atom stereocenters. The largest absolute Gasteiger partial charge is 0.469 e. The molecule has 1 heterocycles. The monoisotopic (exact) mass is 230 g/mol. The Labute approximate surface area is 102 Å². The Hall–Kier alpha value is -1.90. The molecule has 0 spiro atoms. The van der Waals surface area contributed by atoms with Crippen molar-refractivity contribution < 1.29 is 4.42 Å². The van der Waals surface area contributed by atoms with Crippen molar-refractivity contribution in [1.29, 1.82) is 0 Å². The van der Waals surface area contributed by atoms with Crippen molar-refractivity contribution in [2.75, 3.05) is 17.7 Å². The van der Waals surface area contributed by atoms with Gasteiger partial charge in [-0.1, -0.05) is 0 Å². The summed E-state index contributed by atoms with van der Waals surface area (Å²) < 4.78 is 5.30. The first kappa shape index (κ1) is 11.6. The minimum atomic E-state index is 0.835. The number of aryl methyl sites for hydroxylation is 2. The molecule has 1 aromatic carbocycles. The number of hydrogen-bond donors (Lipinski definition) is 1. The fraction of sp³-hybridized carbons (Fsp3) is 0.286. The van der Waals surface area contributed by atoms with Crippen LogP contribution in [0.15, 0.2) is 34.9 Å². The lowest BCUT2D eigenvalue weighted by atomic mass is 10.1. The van der Waals surface area contributed by atoms with Crippen LogP contribution in [0.25, 0.3) is 0 Å². The average molecular weight is 230 g/mol. The van der Waals surface area contributed by atoms with Gasteiger partial charge in [-0.05, 0) is 43.7 Å². The Morgan fingerprint density at radius 2 is 2.00 bits per heavy atom. The van der Waals surface area contributed by atoms with E-state index in [1.807, 2.05) is 32.0 Å². The van der Waals surface area contributed by atoms with Crippen molar-refractivity contribution in [3.63, 3.8) is 0 Å². The number of nitrogens with zero attached hydrogens (tertiary/aromatic N) is 1. The summed E-state index contributed by atoms with van der Waals surface area (Å²) in [4.78, 5) is 2.18. The normalized spacial score (nSPS) is 10.5. The lowest BCUT2D eigenvalue weighted by Crippen LogP contribution is -2.16. The molecule has 0 fully saturated rings. The zero-order valence-corrected chi connectivity index (χ0v) is 10.5. The molecule has 17 heavy (non-hydrogen) atoms. The summed E-state index contributed by atoms with van der Waals surface area (Å²) in [5.41, 5.74) is 10.1. The van der Waals surface area contributed by atoms with Crippen LogP contribution >= 0.6 is 0 Å². The molecular weight excluding hydrogens is 212 g/mol. The van der Waals surface area contributed by atoms with E-state index in [1.54, 1.807) is 6.26 Å². The van der Waals surface area contributed by atoms with E-state index in [-0.39, 0.29) is 0 Å². The summed E-state index contributed by atoms with van der Waals surface area (Å²) in [6.07, 6.45) is 1.73. The van der Waals surface area contributed by atoms with E-state index in [1.165, 1.54) is 5.56 Å². The molecule has 1 aromatic heterocycles. The number of nitrogens with two attached hydrogens (primary N) is 1. The van der Waals surface area contributed by atoms with Crippen molar-refractivity contribution in [3.05, 3.63) is 47.4 Å². The van der Waals surface area contributed by atoms with Gasteiger partial charge in [0.15, 0.2) is 0 Å². The summed E-state index contributed by atoms with van der Waals surface area (Å²) in [5, 5.41) is 0. The van der Waals surface area contributed by atoms with E-state index in [9.17, 15) is 0 Å².